The van der Waals surface area contributed by atoms with Crippen molar-refractivity contribution in [1.29, 1.82) is 0 Å². The van der Waals surface area contributed by atoms with Crippen LogP contribution < -0.4 is 10.9 Å². The second-order valence-electron chi connectivity index (χ2n) is 6.39. The zero-order valence-corrected chi connectivity index (χ0v) is 15.6. The Balaban J connectivity index is 1.81. The van der Waals surface area contributed by atoms with Gasteiger partial charge in [-0.1, -0.05) is 53.7 Å². The number of rotatable bonds is 4. The van der Waals surface area contributed by atoms with Crippen molar-refractivity contribution < 1.29 is 9.59 Å². The van der Waals surface area contributed by atoms with E-state index in [0.717, 1.165) is 28.2 Å². The lowest BCUT2D eigenvalue weighted by Gasteiger charge is -2.21. The molecule has 1 aromatic heterocycles. The van der Waals surface area contributed by atoms with Crippen LogP contribution >= 0.6 is 23.4 Å². The van der Waals surface area contributed by atoms with Crippen LogP contribution in [0.4, 0.5) is 4.79 Å². The minimum Gasteiger partial charge on any atom is -0.322 e. The number of carbonyl (C=O) groups excluding carboxylic acids is 2. The lowest BCUT2D eigenvalue weighted by molar-refractivity contribution is -0.119. The summed E-state index contributed by atoms with van der Waals surface area (Å²) in [6.45, 7) is 0. The van der Waals surface area contributed by atoms with Gasteiger partial charge in [-0.2, -0.15) is 0 Å². The van der Waals surface area contributed by atoms with E-state index >= 15 is 0 Å². The number of imide groups is 1. The minimum atomic E-state index is -0.657. The van der Waals surface area contributed by atoms with Crippen molar-refractivity contribution in [3.63, 3.8) is 0 Å². The van der Waals surface area contributed by atoms with Crippen LogP contribution in [0.5, 0.6) is 0 Å². The number of pyridine rings is 1. The predicted molar refractivity (Wildman–Crippen MR) is 107 cm³/mol. The first kappa shape index (κ1) is 17.8. The van der Waals surface area contributed by atoms with Gasteiger partial charge in [0.15, 0.2) is 0 Å². The molecule has 2 atom stereocenters. The fourth-order valence-electron chi connectivity index (χ4n) is 3.33. The molecule has 1 aliphatic heterocycles. The molecule has 2 unspecified atom stereocenters. The van der Waals surface area contributed by atoms with Gasteiger partial charge in [0, 0.05) is 22.0 Å². The number of hydrogen-bond acceptors (Lipinski definition) is 4. The summed E-state index contributed by atoms with van der Waals surface area (Å²) in [5, 5.41) is 2.77. The van der Waals surface area contributed by atoms with Gasteiger partial charge < -0.3 is 4.98 Å². The summed E-state index contributed by atoms with van der Waals surface area (Å²) in [6, 6.07) is 16.5. The molecule has 1 saturated heterocycles. The maximum absolute atomic E-state index is 12.8. The lowest BCUT2D eigenvalue weighted by Crippen LogP contribution is -2.32. The number of halogens is 1. The fraction of sp³-hybridized carbons (Fsp3) is 0.150. The molecule has 2 N–H and O–H groups in total. The van der Waals surface area contributed by atoms with Crippen molar-refractivity contribution in [2.75, 3.05) is 0 Å². The molecular formula is C20H15ClN2O3S. The Morgan fingerprint density at radius 3 is 2.48 bits per heavy atom. The first-order valence-electron chi connectivity index (χ1n) is 8.39. The molecule has 0 spiro atoms. The van der Waals surface area contributed by atoms with Crippen LogP contribution in [-0.4, -0.2) is 21.4 Å². The van der Waals surface area contributed by atoms with E-state index in [1.807, 2.05) is 42.5 Å². The summed E-state index contributed by atoms with van der Waals surface area (Å²) in [6.07, 6.45) is 0.441. The van der Waals surface area contributed by atoms with Gasteiger partial charge in [-0.05, 0) is 41.6 Å². The van der Waals surface area contributed by atoms with E-state index in [1.54, 1.807) is 12.1 Å². The highest BCUT2D eigenvalue weighted by atomic mass is 35.5. The molecular weight excluding hydrogens is 384 g/mol. The molecule has 7 heteroatoms. The smallest absolute Gasteiger partial charge is 0.286 e. The van der Waals surface area contributed by atoms with Gasteiger partial charge in [0.25, 0.3) is 10.8 Å². The molecule has 3 aromatic rings. The highest BCUT2D eigenvalue weighted by molar-refractivity contribution is 8.15. The average Bonchev–Trinajstić information content (AvgIpc) is 2.99. The summed E-state index contributed by atoms with van der Waals surface area (Å²) in [5.74, 6) is -0.812. The number of H-pyrrole nitrogens is 1. The third-order valence-electron chi connectivity index (χ3n) is 4.63. The number of aromatic nitrogens is 1. The molecule has 1 aliphatic rings. The summed E-state index contributed by atoms with van der Waals surface area (Å²) < 4.78 is 0. The maximum Gasteiger partial charge on any atom is 0.286 e. The standard InChI is InChI=1S/C20H15ClN2O3S/c21-13-7-5-11(6-8-13)9-14(17-19(25)23-20(26)27-17)15-10-12-3-1-2-4-16(12)22-18(15)24/h1-8,10,14,17H,9H2,(H,22,24)(H,23,25,26). The Hall–Kier alpha value is -2.57. The van der Waals surface area contributed by atoms with E-state index in [2.05, 4.69) is 10.3 Å². The minimum absolute atomic E-state index is 0.250. The number of amides is 2. The number of carbonyl (C=O) groups is 2. The predicted octanol–water partition coefficient (Wildman–Crippen LogP) is 3.86. The van der Waals surface area contributed by atoms with Crippen molar-refractivity contribution in [2.45, 2.75) is 17.6 Å². The van der Waals surface area contributed by atoms with Crippen molar-refractivity contribution in [2.24, 2.45) is 0 Å². The zero-order valence-electron chi connectivity index (χ0n) is 14.1. The van der Waals surface area contributed by atoms with E-state index < -0.39 is 11.2 Å². The molecule has 1 fully saturated rings. The first-order valence-corrected chi connectivity index (χ1v) is 9.65. The number of para-hydroxylation sites is 1. The quantitative estimate of drug-likeness (QED) is 0.699. The second-order valence-corrected chi connectivity index (χ2v) is 7.94. The van der Waals surface area contributed by atoms with E-state index in [4.69, 9.17) is 11.6 Å². The number of fused-ring (bicyclic) bond motifs is 1. The van der Waals surface area contributed by atoms with Crippen molar-refractivity contribution in [1.82, 2.24) is 10.3 Å². The fourth-order valence-corrected chi connectivity index (χ4v) is 4.42. The second kappa shape index (κ2) is 7.21. The molecule has 4 rings (SSSR count). The Morgan fingerprint density at radius 1 is 1.04 bits per heavy atom. The van der Waals surface area contributed by atoms with Crippen molar-refractivity contribution in [3.8, 4) is 0 Å². The number of benzene rings is 2. The third kappa shape index (κ3) is 3.63. The van der Waals surface area contributed by atoms with Gasteiger partial charge in [0.1, 0.15) is 5.25 Å². The topological polar surface area (TPSA) is 79.0 Å². The summed E-state index contributed by atoms with van der Waals surface area (Å²) >= 11 is 6.89. The van der Waals surface area contributed by atoms with Crippen molar-refractivity contribution in [3.05, 3.63) is 81.1 Å². The molecule has 136 valence electrons. The van der Waals surface area contributed by atoms with E-state index in [0.29, 0.717) is 17.0 Å². The van der Waals surface area contributed by atoms with Crippen LogP contribution in [0.3, 0.4) is 0 Å². The molecule has 0 radical (unpaired) electrons. The Bertz CT molecular complexity index is 1090. The number of hydrogen-bond donors (Lipinski definition) is 2. The molecule has 27 heavy (non-hydrogen) atoms. The van der Waals surface area contributed by atoms with Crippen molar-refractivity contribution >= 4 is 45.4 Å². The van der Waals surface area contributed by atoms with Crippen LogP contribution in [0, 0.1) is 0 Å². The monoisotopic (exact) mass is 398 g/mol. The maximum atomic E-state index is 12.8. The van der Waals surface area contributed by atoms with Gasteiger partial charge in [0.05, 0.1) is 0 Å². The Kier molecular flexibility index (Phi) is 4.76. The largest absolute Gasteiger partial charge is 0.322 e. The van der Waals surface area contributed by atoms with E-state index in [1.165, 1.54) is 0 Å². The van der Waals surface area contributed by atoms with Gasteiger partial charge in [-0.25, -0.2) is 0 Å². The van der Waals surface area contributed by atoms with E-state index in [-0.39, 0.29) is 16.7 Å². The number of aromatic amines is 1. The number of thioether (sulfide) groups is 1. The summed E-state index contributed by atoms with van der Waals surface area (Å²) in [5.41, 5.74) is 1.91. The highest BCUT2D eigenvalue weighted by Crippen LogP contribution is 2.35. The lowest BCUT2D eigenvalue weighted by atomic mass is 9.88. The van der Waals surface area contributed by atoms with Gasteiger partial charge in [-0.15, -0.1) is 0 Å². The Morgan fingerprint density at radius 2 is 1.78 bits per heavy atom. The normalized spacial score (nSPS) is 17.9. The molecule has 2 aromatic carbocycles. The van der Waals surface area contributed by atoms with Gasteiger partial charge in [0.2, 0.25) is 5.91 Å². The van der Waals surface area contributed by atoms with Crippen LogP contribution in [0.2, 0.25) is 5.02 Å². The SMILES string of the molecule is O=C1NC(=O)C(C(Cc2ccc(Cl)cc2)c2cc3ccccc3[nH]c2=O)S1. The highest BCUT2D eigenvalue weighted by Gasteiger charge is 2.39. The van der Waals surface area contributed by atoms with Gasteiger partial charge in [-0.3, -0.25) is 19.7 Å². The van der Waals surface area contributed by atoms with Crippen LogP contribution in [0.25, 0.3) is 10.9 Å². The molecule has 0 saturated carbocycles. The molecule has 5 nitrogen and oxygen atoms in total. The Labute approximate surface area is 164 Å². The molecule has 0 aliphatic carbocycles. The summed E-state index contributed by atoms with van der Waals surface area (Å²) in [7, 11) is 0. The van der Waals surface area contributed by atoms with Crippen LogP contribution in [0.1, 0.15) is 17.0 Å². The molecule has 2 amide bonds. The molecule has 2 heterocycles. The molecule has 0 bridgehead atoms. The zero-order chi connectivity index (χ0) is 19.0. The average molecular weight is 399 g/mol. The first-order chi connectivity index (χ1) is 13.0. The number of nitrogens with one attached hydrogen (secondary N) is 2. The van der Waals surface area contributed by atoms with Gasteiger partial charge >= 0.3 is 0 Å². The summed E-state index contributed by atoms with van der Waals surface area (Å²) in [4.78, 5) is 39.7. The van der Waals surface area contributed by atoms with E-state index in [9.17, 15) is 14.4 Å². The van der Waals surface area contributed by atoms with Crippen LogP contribution in [0.15, 0.2) is 59.4 Å². The van der Waals surface area contributed by atoms with Crippen LogP contribution in [-0.2, 0) is 11.2 Å². The third-order valence-corrected chi connectivity index (χ3v) is 6.00.